The summed E-state index contributed by atoms with van der Waals surface area (Å²) in [6, 6.07) is 5.10. The normalized spacial score (nSPS) is 12.9. The van der Waals surface area contributed by atoms with Gasteiger partial charge in [-0.1, -0.05) is 62.2 Å². The molecule has 0 unspecified atom stereocenters. The smallest absolute Gasteiger partial charge is 0.104 e. The molecule has 1 aromatic rings. The Morgan fingerprint density at radius 3 is 2.30 bits per heavy atom. The molecule has 0 radical (unpaired) electrons. The van der Waals surface area contributed by atoms with Crippen molar-refractivity contribution < 1.29 is 5.11 Å². The molecule has 0 atom stereocenters. The Labute approximate surface area is 130 Å². The molecule has 0 aliphatic carbocycles. The maximum Gasteiger partial charge on any atom is 0.104 e. The SMILES string of the molecule is CC/C=C/C(C(=N)c1c(Cl)cccc1Cl)=C(/O)C(C)C. The van der Waals surface area contributed by atoms with Crippen LogP contribution in [0.3, 0.4) is 0 Å². The summed E-state index contributed by atoms with van der Waals surface area (Å²) < 4.78 is 0. The number of hydrogen-bond donors (Lipinski definition) is 2. The van der Waals surface area contributed by atoms with E-state index in [9.17, 15) is 5.11 Å². The highest BCUT2D eigenvalue weighted by Crippen LogP contribution is 2.28. The van der Waals surface area contributed by atoms with Crippen LogP contribution in [0.4, 0.5) is 0 Å². The molecular weight excluding hydrogens is 293 g/mol. The molecule has 0 aliphatic heterocycles. The number of rotatable bonds is 5. The predicted molar refractivity (Wildman–Crippen MR) is 87.2 cm³/mol. The van der Waals surface area contributed by atoms with Crippen molar-refractivity contribution in [2.75, 3.05) is 0 Å². The fraction of sp³-hybridized carbons (Fsp3) is 0.312. The molecule has 0 heterocycles. The zero-order chi connectivity index (χ0) is 15.3. The number of benzene rings is 1. The molecule has 0 fully saturated rings. The lowest BCUT2D eigenvalue weighted by molar-refractivity contribution is 0.349. The van der Waals surface area contributed by atoms with E-state index in [1.54, 1.807) is 24.3 Å². The fourth-order valence-corrected chi connectivity index (χ4v) is 2.30. The van der Waals surface area contributed by atoms with Crippen molar-refractivity contribution in [1.82, 2.24) is 0 Å². The Balaban J connectivity index is 3.39. The molecule has 108 valence electrons. The first kappa shape index (κ1) is 16.8. The summed E-state index contributed by atoms with van der Waals surface area (Å²) in [5, 5.41) is 19.4. The van der Waals surface area contributed by atoms with E-state index in [2.05, 4.69) is 0 Å². The van der Waals surface area contributed by atoms with Crippen LogP contribution in [0.25, 0.3) is 0 Å². The van der Waals surface area contributed by atoms with E-state index >= 15 is 0 Å². The molecule has 0 aromatic heterocycles. The Kier molecular flexibility index (Phi) is 6.31. The number of aliphatic hydroxyl groups is 1. The maximum absolute atomic E-state index is 10.2. The third kappa shape index (κ3) is 3.87. The van der Waals surface area contributed by atoms with E-state index in [1.165, 1.54) is 0 Å². The second-order valence-electron chi connectivity index (χ2n) is 4.74. The summed E-state index contributed by atoms with van der Waals surface area (Å²) in [4.78, 5) is 0. The van der Waals surface area contributed by atoms with E-state index in [0.717, 1.165) is 6.42 Å². The van der Waals surface area contributed by atoms with Gasteiger partial charge in [-0.3, -0.25) is 5.41 Å². The maximum atomic E-state index is 10.2. The lowest BCUT2D eigenvalue weighted by Gasteiger charge is -2.14. The average molecular weight is 312 g/mol. The van der Waals surface area contributed by atoms with Gasteiger partial charge in [-0.2, -0.15) is 0 Å². The number of halogens is 2. The predicted octanol–water partition coefficient (Wildman–Crippen LogP) is 5.80. The first-order valence-electron chi connectivity index (χ1n) is 6.53. The molecule has 4 heteroatoms. The van der Waals surface area contributed by atoms with E-state index < -0.39 is 0 Å². The molecular formula is C16H19Cl2NO. The highest BCUT2D eigenvalue weighted by molar-refractivity contribution is 6.41. The second kappa shape index (κ2) is 7.51. The minimum absolute atomic E-state index is 0.0758. The summed E-state index contributed by atoms with van der Waals surface area (Å²) >= 11 is 12.3. The molecule has 0 bridgehead atoms. The van der Waals surface area contributed by atoms with E-state index in [1.807, 2.05) is 26.8 Å². The van der Waals surface area contributed by atoms with Crippen molar-refractivity contribution in [3.05, 3.63) is 57.3 Å². The highest BCUT2D eigenvalue weighted by Gasteiger charge is 2.18. The monoisotopic (exact) mass is 311 g/mol. The van der Waals surface area contributed by atoms with Crippen LogP contribution in [-0.2, 0) is 0 Å². The van der Waals surface area contributed by atoms with Gasteiger partial charge >= 0.3 is 0 Å². The Bertz CT molecular complexity index is 539. The van der Waals surface area contributed by atoms with Gasteiger partial charge in [-0.25, -0.2) is 0 Å². The lowest BCUT2D eigenvalue weighted by Crippen LogP contribution is -2.09. The van der Waals surface area contributed by atoms with Crippen molar-refractivity contribution in [2.24, 2.45) is 5.92 Å². The molecule has 0 aliphatic rings. The summed E-state index contributed by atoms with van der Waals surface area (Å²) in [5.74, 6) is 0.0869. The van der Waals surface area contributed by atoms with Gasteiger partial charge in [0, 0.05) is 17.1 Å². The minimum atomic E-state index is -0.0758. The third-order valence-electron chi connectivity index (χ3n) is 2.83. The number of hydrogen-bond acceptors (Lipinski definition) is 2. The topological polar surface area (TPSA) is 44.1 Å². The van der Waals surface area contributed by atoms with Crippen molar-refractivity contribution in [2.45, 2.75) is 27.2 Å². The molecule has 0 amide bonds. The summed E-state index contributed by atoms with van der Waals surface area (Å²) in [6.07, 6.45) is 4.46. The number of allylic oxidation sites excluding steroid dienone is 4. The Morgan fingerprint density at radius 2 is 1.85 bits per heavy atom. The number of aliphatic hydroxyl groups excluding tert-OH is 1. The standard InChI is InChI=1S/C16H19Cl2NO/c1-4-5-7-11(16(20)10(2)3)15(19)14-12(17)8-6-9-13(14)18/h5-10,19-20H,4H2,1-3H3/b7-5+,16-11-,19-15?. The van der Waals surface area contributed by atoms with Crippen LogP contribution >= 0.6 is 23.2 Å². The first-order valence-corrected chi connectivity index (χ1v) is 7.28. The first-order chi connectivity index (χ1) is 9.40. The summed E-state index contributed by atoms with van der Waals surface area (Å²) in [6.45, 7) is 5.74. The zero-order valence-corrected chi connectivity index (χ0v) is 13.4. The lowest BCUT2D eigenvalue weighted by atomic mass is 9.96. The van der Waals surface area contributed by atoms with Gasteiger partial charge in [-0.05, 0) is 18.6 Å². The van der Waals surface area contributed by atoms with Crippen molar-refractivity contribution >= 4 is 28.9 Å². The molecule has 0 saturated heterocycles. The van der Waals surface area contributed by atoms with Gasteiger partial charge in [-0.15, -0.1) is 0 Å². The zero-order valence-electron chi connectivity index (χ0n) is 11.9. The van der Waals surface area contributed by atoms with Crippen molar-refractivity contribution in [3.63, 3.8) is 0 Å². The van der Waals surface area contributed by atoms with Crippen LogP contribution in [0.2, 0.25) is 10.0 Å². The van der Waals surface area contributed by atoms with E-state index in [-0.39, 0.29) is 17.4 Å². The molecule has 0 spiro atoms. The second-order valence-corrected chi connectivity index (χ2v) is 5.55. The van der Waals surface area contributed by atoms with E-state index in [4.69, 9.17) is 28.6 Å². The molecule has 1 aromatic carbocycles. The quantitative estimate of drug-likeness (QED) is 0.403. The summed E-state index contributed by atoms with van der Waals surface area (Å²) in [5.41, 5.74) is 1.03. The van der Waals surface area contributed by atoms with Gasteiger partial charge < -0.3 is 5.11 Å². The van der Waals surface area contributed by atoms with Crippen LogP contribution in [0, 0.1) is 11.3 Å². The van der Waals surface area contributed by atoms with Gasteiger partial charge in [0.2, 0.25) is 0 Å². The van der Waals surface area contributed by atoms with Crippen LogP contribution in [0.5, 0.6) is 0 Å². The molecule has 2 N–H and O–H groups in total. The molecule has 0 saturated carbocycles. The largest absolute Gasteiger partial charge is 0.511 e. The highest BCUT2D eigenvalue weighted by atomic mass is 35.5. The summed E-state index contributed by atoms with van der Waals surface area (Å²) in [7, 11) is 0. The minimum Gasteiger partial charge on any atom is -0.511 e. The van der Waals surface area contributed by atoms with Crippen LogP contribution in [-0.4, -0.2) is 10.8 Å². The van der Waals surface area contributed by atoms with Gasteiger partial charge in [0.1, 0.15) is 5.76 Å². The van der Waals surface area contributed by atoms with Crippen LogP contribution < -0.4 is 0 Å². The van der Waals surface area contributed by atoms with Gasteiger partial charge in [0.25, 0.3) is 0 Å². The van der Waals surface area contributed by atoms with E-state index in [0.29, 0.717) is 21.2 Å². The third-order valence-corrected chi connectivity index (χ3v) is 3.46. The van der Waals surface area contributed by atoms with Gasteiger partial charge in [0.15, 0.2) is 0 Å². The van der Waals surface area contributed by atoms with Crippen molar-refractivity contribution in [1.29, 1.82) is 5.41 Å². The van der Waals surface area contributed by atoms with Crippen molar-refractivity contribution in [3.8, 4) is 0 Å². The molecule has 20 heavy (non-hydrogen) atoms. The molecule has 1 rings (SSSR count). The molecule has 2 nitrogen and oxygen atoms in total. The van der Waals surface area contributed by atoms with Gasteiger partial charge in [0.05, 0.1) is 15.8 Å². The average Bonchev–Trinajstić information content (AvgIpc) is 2.38. The van der Waals surface area contributed by atoms with Crippen LogP contribution in [0.1, 0.15) is 32.8 Å². The fourth-order valence-electron chi connectivity index (χ4n) is 1.71. The Hall–Kier alpha value is -1.25. The van der Waals surface area contributed by atoms with Crippen LogP contribution in [0.15, 0.2) is 41.7 Å². The number of nitrogens with one attached hydrogen (secondary N) is 1. The Morgan fingerprint density at radius 1 is 1.30 bits per heavy atom.